The smallest absolute Gasteiger partial charge is 0.151 e. The molecule has 0 aliphatic carbocycles. The molecule has 6 heteroatoms. The summed E-state index contributed by atoms with van der Waals surface area (Å²) < 4.78 is 0. The minimum atomic E-state index is 0.0829. The van der Waals surface area contributed by atoms with Gasteiger partial charge in [0.05, 0.1) is 11.4 Å². The standard InChI is InChI=1S/C22H32N6/c1-15(23)20(17-9-7-8-12-24-17)18-10-11-19(26-25-18)28(6)16-13-21(2,3)27-22(4,5)14-16/h7-12,16,27H,13-14,23H2,1-6H3. The summed E-state index contributed by atoms with van der Waals surface area (Å²) in [5, 5.41) is 12.7. The van der Waals surface area contributed by atoms with Crippen molar-refractivity contribution in [2.45, 2.75) is 64.6 Å². The first-order valence-electron chi connectivity index (χ1n) is 9.82. The first kappa shape index (κ1) is 20.3. The van der Waals surface area contributed by atoms with E-state index in [9.17, 15) is 0 Å². The van der Waals surface area contributed by atoms with E-state index in [-0.39, 0.29) is 11.1 Å². The van der Waals surface area contributed by atoms with Crippen LogP contribution in [0.15, 0.2) is 42.2 Å². The number of nitrogens with two attached hydrogens (primary N) is 1. The Morgan fingerprint density at radius 3 is 2.21 bits per heavy atom. The summed E-state index contributed by atoms with van der Waals surface area (Å²) in [6, 6.07) is 10.2. The molecule has 0 aromatic carbocycles. The summed E-state index contributed by atoms with van der Waals surface area (Å²) in [7, 11) is 2.11. The van der Waals surface area contributed by atoms with Crippen molar-refractivity contribution in [1.82, 2.24) is 20.5 Å². The monoisotopic (exact) mass is 380 g/mol. The number of nitrogens with zero attached hydrogens (tertiary/aromatic N) is 4. The fourth-order valence-corrected chi connectivity index (χ4v) is 4.42. The molecule has 0 spiro atoms. The van der Waals surface area contributed by atoms with Gasteiger partial charge in [-0.25, -0.2) is 0 Å². The summed E-state index contributed by atoms with van der Waals surface area (Å²) in [5.74, 6) is 0.872. The Hall–Kier alpha value is -2.47. The predicted octanol–water partition coefficient (Wildman–Crippen LogP) is 3.36. The molecule has 28 heavy (non-hydrogen) atoms. The molecule has 6 nitrogen and oxygen atoms in total. The first-order chi connectivity index (χ1) is 13.1. The van der Waals surface area contributed by atoms with Gasteiger partial charge in [-0.05, 0) is 71.7 Å². The topological polar surface area (TPSA) is 80.0 Å². The first-order valence-corrected chi connectivity index (χ1v) is 9.82. The summed E-state index contributed by atoms with van der Waals surface area (Å²) in [4.78, 5) is 6.67. The van der Waals surface area contributed by atoms with Crippen LogP contribution < -0.4 is 16.0 Å². The number of aromatic nitrogens is 3. The second-order valence-electron chi connectivity index (χ2n) is 9.12. The Morgan fingerprint density at radius 2 is 1.71 bits per heavy atom. The van der Waals surface area contributed by atoms with Crippen molar-refractivity contribution in [2.75, 3.05) is 11.9 Å². The highest BCUT2D eigenvalue weighted by Gasteiger charge is 2.39. The molecule has 0 atom stereocenters. The third-order valence-electron chi connectivity index (χ3n) is 5.30. The number of anilines is 1. The van der Waals surface area contributed by atoms with Crippen LogP contribution in [0.5, 0.6) is 0 Å². The zero-order chi connectivity index (χ0) is 20.5. The van der Waals surface area contributed by atoms with Crippen LogP contribution in [0, 0.1) is 0 Å². The van der Waals surface area contributed by atoms with E-state index in [0.29, 0.717) is 11.7 Å². The summed E-state index contributed by atoms with van der Waals surface area (Å²) in [6.07, 6.45) is 3.86. The van der Waals surface area contributed by atoms with Crippen LogP contribution in [-0.2, 0) is 0 Å². The Balaban J connectivity index is 1.85. The largest absolute Gasteiger partial charge is 0.402 e. The summed E-state index contributed by atoms with van der Waals surface area (Å²) >= 11 is 0. The van der Waals surface area contributed by atoms with E-state index < -0.39 is 0 Å². The van der Waals surface area contributed by atoms with Gasteiger partial charge in [-0.3, -0.25) is 4.98 Å². The zero-order valence-corrected chi connectivity index (χ0v) is 17.8. The third kappa shape index (κ3) is 4.50. The molecule has 2 aromatic rings. The van der Waals surface area contributed by atoms with E-state index in [2.05, 4.69) is 60.1 Å². The average Bonchev–Trinajstić information content (AvgIpc) is 2.60. The number of nitrogens with one attached hydrogen (secondary N) is 1. The van der Waals surface area contributed by atoms with Crippen molar-refractivity contribution < 1.29 is 0 Å². The highest BCUT2D eigenvalue weighted by Crippen LogP contribution is 2.32. The molecule has 150 valence electrons. The van der Waals surface area contributed by atoms with Gasteiger partial charge in [0.15, 0.2) is 5.82 Å². The fraction of sp³-hybridized carbons (Fsp3) is 0.500. The Kier molecular flexibility index (Phi) is 5.44. The molecule has 1 saturated heterocycles. The summed E-state index contributed by atoms with van der Waals surface area (Å²) in [6.45, 7) is 10.9. The Morgan fingerprint density at radius 1 is 1.04 bits per heavy atom. The molecule has 3 heterocycles. The molecule has 2 aromatic heterocycles. The molecule has 1 aliphatic heterocycles. The molecular formula is C22H32N6. The van der Waals surface area contributed by atoms with Crippen molar-refractivity contribution in [1.29, 1.82) is 0 Å². The Bertz CT molecular complexity index is 819. The molecule has 0 amide bonds. The molecule has 0 bridgehead atoms. The molecular weight excluding hydrogens is 348 g/mol. The normalized spacial score (nSPS) is 19.8. The molecule has 1 aliphatic rings. The van der Waals surface area contributed by atoms with Gasteiger partial charge in [-0.1, -0.05) is 6.07 Å². The average molecular weight is 381 g/mol. The predicted molar refractivity (Wildman–Crippen MR) is 115 cm³/mol. The molecule has 0 saturated carbocycles. The minimum Gasteiger partial charge on any atom is -0.402 e. The van der Waals surface area contributed by atoms with E-state index in [0.717, 1.165) is 35.6 Å². The van der Waals surface area contributed by atoms with Crippen molar-refractivity contribution in [3.8, 4) is 0 Å². The maximum atomic E-state index is 6.13. The van der Waals surface area contributed by atoms with Gasteiger partial charge in [0.25, 0.3) is 0 Å². The van der Waals surface area contributed by atoms with Crippen LogP contribution in [0.3, 0.4) is 0 Å². The SMILES string of the molecule is CC(N)=C(c1ccccn1)c1ccc(N(C)C2CC(C)(C)NC(C)(C)C2)nn1. The Labute approximate surface area is 168 Å². The van der Waals surface area contributed by atoms with E-state index in [1.165, 1.54) is 0 Å². The van der Waals surface area contributed by atoms with Crippen LogP contribution in [0.1, 0.15) is 58.8 Å². The molecule has 0 radical (unpaired) electrons. The zero-order valence-electron chi connectivity index (χ0n) is 17.8. The minimum absolute atomic E-state index is 0.0829. The fourth-order valence-electron chi connectivity index (χ4n) is 4.42. The molecule has 3 rings (SSSR count). The van der Waals surface area contributed by atoms with Gasteiger partial charge >= 0.3 is 0 Å². The van der Waals surface area contributed by atoms with Crippen molar-refractivity contribution in [3.05, 3.63) is 53.6 Å². The van der Waals surface area contributed by atoms with Crippen molar-refractivity contribution in [3.63, 3.8) is 0 Å². The van der Waals surface area contributed by atoms with Crippen LogP contribution in [-0.4, -0.2) is 39.3 Å². The highest BCUT2D eigenvalue weighted by molar-refractivity contribution is 5.77. The van der Waals surface area contributed by atoms with Gasteiger partial charge in [-0.2, -0.15) is 0 Å². The third-order valence-corrected chi connectivity index (χ3v) is 5.30. The van der Waals surface area contributed by atoms with Crippen LogP contribution in [0.4, 0.5) is 5.82 Å². The second kappa shape index (κ2) is 7.51. The van der Waals surface area contributed by atoms with Crippen LogP contribution >= 0.6 is 0 Å². The summed E-state index contributed by atoms with van der Waals surface area (Å²) in [5.41, 5.74) is 9.34. The molecule has 1 fully saturated rings. The van der Waals surface area contributed by atoms with Gasteiger partial charge in [0.2, 0.25) is 0 Å². The lowest BCUT2D eigenvalue weighted by atomic mass is 9.79. The number of rotatable bonds is 4. The molecule has 0 unspecified atom stereocenters. The van der Waals surface area contributed by atoms with E-state index >= 15 is 0 Å². The number of hydrogen-bond acceptors (Lipinski definition) is 6. The van der Waals surface area contributed by atoms with Gasteiger partial charge in [0, 0.05) is 41.6 Å². The van der Waals surface area contributed by atoms with Gasteiger partial charge < -0.3 is 16.0 Å². The van der Waals surface area contributed by atoms with Crippen LogP contribution in [0.2, 0.25) is 0 Å². The highest BCUT2D eigenvalue weighted by atomic mass is 15.3. The maximum absolute atomic E-state index is 6.13. The maximum Gasteiger partial charge on any atom is 0.151 e. The lowest BCUT2D eigenvalue weighted by Gasteiger charge is -2.49. The number of hydrogen-bond donors (Lipinski definition) is 2. The van der Waals surface area contributed by atoms with Gasteiger partial charge in [0.1, 0.15) is 0 Å². The quantitative estimate of drug-likeness (QED) is 0.847. The van der Waals surface area contributed by atoms with E-state index in [1.54, 1.807) is 6.20 Å². The second-order valence-corrected chi connectivity index (χ2v) is 9.12. The molecule has 3 N–H and O–H groups in total. The van der Waals surface area contributed by atoms with Crippen LogP contribution in [0.25, 0.3) is 5.57 Å². The lowest BCUT2D eigenvalue weighted by molar-refractivity contribution is 0.160. The lowest BCUT2D eigenvalue weighted by Crippen LogP contribution is -2.62. The van der Waals surface area contributed by atoms with Crippen molar-refractivity contribution in [2.24, 2.45) is 5.73 Å². The number of pyridine rings is 1. The van der Waals surface area contributed by atoms with Crippen molar-refractivity contribution >= 4 is 11.4 Å². The van der Waals surface area contributed by atoms with E-state index in [4.69, 9.17) is 5.73 Å². The number of allylic oxidation sites excluding steroid dienone is 1. The number of piperidine rings is 1. The van der Waals surface area contributed by atoms with E-state index in [1.807, 2.05) is 37.3 Å². The van der Waals surface area contributed by atoms with Gasteiger partial charge in [-0.15, -0.1) is 10.2 Å².